The van der Waals surface area contributed by atoms with Crippen LogP contribution in [0.25, 0.3) is 6.08 Å². The van der Waals surface area contributed by atoms with Crippen LogP contribution in [0, 0.1) is 0 Å². The summed E-state index contributed by atoms with van der Waals surface area (Å²) in [6.07, 6.45) is 1.39. The van der Waals surface area contributed by atoms with Gasteiger partial charge in [-0.05, 0) is 54.2 Å². The average molecular weight is 407 g/mol. The highest BCUT2D eigenvalue weighted by Gasteiger charge is 2.34. The number of hydrogen-bond acceptors (Lipinski definition) is 4. The molecule has 1 aliphatic rings. The molecule has 0 aromatic heterocycles. The molecule has 2 amide bonds. The van der Waals surface area contributed by atoms with Crippen molar-refractivity contribution in [1.29, 1.82) is 0 Å². The molecule has 0 unspecified atom stereocenters. The van der Waals surface area contributed by atoms with E-state index in [-0.39, 0.29) is 15.7 Å². The topological polar surface area (TPSA) is 58.6 Å². The molecule has 3 rings (SSSR count). The molecule has 5 nitrogen and oxygen atoms in total. The van der Waals surface area contributed by atoms with Gasteiger partial charge in [-0.3, -0.25) is 19.8 Å². The Morgan fingerprint density at radius 3 is 2.46 bits per heavy atom. The van der Waals surface area contributed by atoms with Crippen molar-refractivity contribution in [3.8, 4) is 5.75 Å². The highest BCUT2D eigenvalue weighted by molar-refractivity contribution is 7.80. The van der Waals surface area contributed by atoms with Gasteiger partial charge in [0.25, 0.3) is 11.8 Å². The molecule has 0 spiro atoms. The van der Waals surface area contributed by atoms with Crippen LogP contribution >= 0.6 is 35.4 Å². The second kappa shape index (κ2) is 7.45. The van der Waals surface area contributed by atoms with Gasteiger partial charge in [-0.15, -0.1) is 0 Å². The number of hydrogen-bond donors (Lipinski definition) is 1. The van der Waals surface area contributed by atoms with Gasteiger partial charge in [0.2, 0.25) is 0 Å². The molecule has 8 heteroatoms. The molecule has 1 heterocycles. The molecule has 26 heavy (non-hydrogen) atoms. The van der Waals surface area contributed by atoms with Crippen molar-refractivity contribution in [3.05, 3.63) is 63.6 Å². The molecule has 2 aromatic rings. The number of carbonyl (C=O) groups excluding carboxylic acids is 2. The zero-order valence-corrected chi connectivity index (χ0v) is 15.8. The Bertz CT molecular complexity index is 942. The van der Waals surface area contributed by atoms with Crippen molar-refractivity contribution in [2.24, 2.45) is 0 Å². The zero-order chi connectivity index (χ0) is 18.8. The van der Waals surface area contributed by atoms with Gasteiger partial charge >= 0.3 is 0 Å². The lowest BCUT2D eigenvalue weighted by molar-refractivity contribution is -0.122. The molecule has 1 aliphatic heterocycles. The third kappa shape index (κ3) is 3.44. The van der Waals surface area contributed by atoms with E-state index in [1.165, 1.54) is 11.0 Å². The standard InChI is InChI=1S/C18H12Cl2N2O3S/c1-25-12-7-5-11(6-8-12)22-17(24)13(16(23)21-18(22)26)9-10-3-2-4-14(19)15(10)20/h2-9H,1H3,(H,21,23,26)/b13-9+. The molecule has 1 N–H and O–H groups in total. The summed E-state index contributed by atoms with van der Waals surface area (Å²) in [6, 6.07) is 11.7. The lowest BCUT2D eigenvalue weighted by Gasteiger charge is -2.29. The number of halogens is 2. The van der Waals surface area contributed by atoms with E-state index >= 15 is 0 Å². The second-order valence-corrected chi connectivity index (χ2v) is 6.47. The van der Waals surface area contributed by atoms with Crippen molar-refractivity contribution in [3.63, 3.8) is 0 Å². The van der Waals surface area contributed by atoms with Crippen LogP contribution in [0.3, 0.4) is 0 Å². The fourth-order valence-corrected chi connectivity index (χ4v) is 3.05. The summed E-state index contributed by atoms with van der Waals surface area (Å²) in [5, 5.41) is 3.09. The van der Waals surface area contributed by atoms with E-state index in [1.54, 1.807) is 49.6 Å². The molecule has 0 aliphatic carbocycles. The van der Waals surface area contributed by atoms with Gasteiger partial charge in [-0.1, -0.05) is 35.3 Å². The van der Waals surface area contributed by atoms with E-state index < -0.39 is 11.8 Å². The number of nitrogens with zero attached hydrogens (tertiary/aromatic N) is 1. The number of anilines is 1. The van der Waals surface area contributed by atoms with Gasteiger partial charge in [0.15, 0.2) is 5.11 Å². The van der Waals surface area contributed by atoms with Crippen LogP contribution in [0.2, 0.25) is 10.0 Å². The SMILES string of the molecule is COc1ccc(N2C(=O)/C(=C/c3cccc(Cl)c3Cl)C(=O)NC2=S)cc1. The summed E-state index contributed by atoms with van der Waals surface area (Å²) in [6.45, 7) is 0. The predicted octanol–water partition coefficient (Wildman–Crippen LogP) is 3.83. The van der Waals surface area contributed by atoms with E-state index in [4.69, 9.17) is 40.2 Å². The van der Waals surface area contributed by atoms with Gasteiger partial charge < -0.3 is 4.74 Å². The molecule has 0 atom stereocenters. The minimum atomic E-state index is -0.596. The van der Waals surface area contributed by atoms with Crippen LogP contribution in [0.5, 0.6) is 5.75 Å². The smallest absolute Gasteiger partial charge is 0.270 e. The van der Waals surface area contributed by atoms with Crippen LogP contribution in [-0.4, -0.2) is 24.0 Å². The summed E-state index contributed by atoms with van der Waals surface area (Å²) in [7, 11) is 1.54. The van der Waals surface area contributed by atoms with Gasteiger partial charge in [0, 0.05) is 0 Å². The first kappa shape index (κ1) is 18.4. The first-order valence-corrected chi connectivity index (χ1v) is 8.58. The van der Waals surface area contributed by atoms with E-state index in [2.05, 4.69) is 5.32 Å². The van der Waals surface area contributed by atoms with Crippen LogP contribution in [0.4, 0.5) is 5.69 Å². The Morgan fingerprint density at radius 2 is 1.81 bits per heavy atom. The molecule has 0 saturated carbocycles. The van der Waals surface area contributed by atoms with Gasteiger partial charge in [-0.25, -0.2) is 0 Å². The quantitative estimate of drug-likeness (QED) is 0.477. The van der Waals surface area contributed by atoms with Crippen molar-refractivity contribution in [1.82, 2.24) is 5.32 Å². The summed E-state index contributed by atoms with van der Waals surface area (Å²) in [5.41, 5.74) is 0.864. The van der Waals surface area contributed by atoms with Crippen LogP contribution in [-0.2, 0) is 9.59 Å². The highest BCUT2D eigenvalue weighted by atomic mass is 35.5. The fourth-order valence-electron chi connectivity index (χ4n) is 2.41. The molecule has 0 bridgehead atoms. The number of rotatable bonds is 3. The van der Waals surface area contributed by atoms with Gasteiger partial charge in [-0.2, -0.15) is 0 Å². The van der Waals surface area contributed by atoms with Crippen molar-refractivity contribution in [2.75, 3.05) is 12.0 Å². The molecule has 132 valence electrons. The average Bonchev–Trinajstić information content (AvgIpc) is 2.62. The third-order valence-electron chi connectivity index (χ3n) is 3.71. The Kier molecular flexibility index (Phi) is 5.27. The Labute approximate surface area is 165 Å². The summed E-state index contributed by atoms with van der Waals surface area (Å²) >= 11 is 17.3. The Balaban J connectivity index is 2.02. The first-order chi connectivity index (χ1) is 12.4. The fraction of sp³-hybridized carbons (Fsp3) is 0.0556. The summed E-state index contributed by atoms with van der Waals surface area (Å²) in [4.78, 5) is 26.4. The number of benzene rings is 2. The lowest BCUT2D eigenvalue weighted by Crippen LogP contribution is -2.54. The van der Waals surface area contributed by atoms with Crippen molar-refractivity contribution < 1.29 is 14.3 Å². The van der Waals surface area contributed by atoms with Crippen LogP contribution in [0.1, 0.15) is 5.56 Å². The van der Waals surface area contributed by atoms with Crippen molar-refractivity contribution in [2.45, 2.75) is 0 Å². The summed E-state index contributed by atoms with van der Waals surface area (Å²) in [5.74, 6) is -0.518. The van der Waals surface area contributed by atoms with Gasteiger partial charge in [0.05, 0.1) is 22.8 Å². The van der Waals surface area contributed by atoms with E-state index in [0.717, 1.165) is 0 Å². The minimum absolute atomic E-state index is 0.000456. The number of methoxy groups -OCH3 is 1. The second-order valence-electron chi connectivity index (χ2n) is 5.30. The van der Waals surface area contributed by atoms with Crippen LogP contribution < -0.4 is 15.0 Å². The molecule has 1 fully saturated rings. The number of carbonyl (C=O) groups is 2. The molecule has 1 saturated heterocycles. The summed E-state index contributed by atoms with van der Waals surface area (Å²) < 4.78 is 5.11. The first-order valence-electron chi connectivity index (χ1n) is 7.42. The third-order valence-corrected chi connectivity index (χ3v) is 4.83. The Morgan fingerprint density at radius 1 is 1.12 bits per heavy atom. The maximum Gasteiger partial charge on any atom is 0.270 e. The predicted molar refractivity (Wildman–Crippen MR) is 106 cm³/mol. The lowest BCUT2D eigenvalue weighted by atomic mass is 10.1. The molecular weight excluding hydrogens is 395 g/mol. The van der Waals surface area contributed by atoms with E-state index in [1.807, 2.05) is 0 Å². The maximum absolute atomic E-state index is 12.9. The van der Waals surface area contributed by atoms with Crippen molar-refractivity contribution >= 4 is 64.1 Å². The van der Waals surface area contributed by atoms with E-state index in [9.17, 15) is 9.59 Å². The van der Waals surface area contributed by atoms with Gasteiger partial charge in [0.1, 0.15) is 11.3 Å². The normalized spacial score (nSPS) is 16.0. The zero-order valence-electron chi connectivity index (χ0n) is 13.5. The highest BCUT2D eigenvalue weighted by Crippen LogP contribution is 2.29. The number of thiocarbonyl (C=S) groups is 1. The maximum atomic E-state index is 12.9. The Hall–Kier alpha value is -2.41. The van der Waals surface area contributed by atoms with Crippen LogP contribution in [0.15, 0.2) is 48.0 Å². The molecular formula is C18H12Cl2N2O3S. The number of amides is 2. The minimum Gasteiger partial charge on any atom is -0.497 e. The largest absolute Gasteiger partial charge is 0.497 e. The number of nitrogens with one attached hydrogen (secondary N) is 1. The molecule has 0 radical (unpaired) electrons. The van der Waals surface area contributed by atoms with E-state index in [0.29, 0.717) is 22.0 Å². The monoisotopic (exact) mass is 406 g/mol. The number of ether oxygens (including phenoxy) is 1. The molecule has 2 aromatic carbocycles.